The fourth-order valence-electron chi connectivity index (χ4n) is 0.675. The van der Waals surface area contributed by atoms with Crippen LogP contribution in [0.5, 0.6) is 0 Å². The van der Waals surface area contributed by atoms with Crippen molar-refractivity contribution >= 4 is 0 Å². The summed E-state index contributed by atoms with van der Waals surface area (Å²) in [6, 6.07) is 1.98. The van der Waals surface area contributed by atoms with Crippen LogP contribution in [0.1, 0.15) is 0 Å². The molecule has 1 rings (SSSR count). The van der Waals surface area contributed by atoms with Gasteiger partial charge in [0.05, 0.1) is 0 Å². The fourth-order valence-corrected chi connectivity index (χ4v) is 0.675. The highest BCUT2D eigenvalue weighted by atomic mass is 15.3. The van der Waals surface area contributed by atoms with Gasteiger partial charge in [-0.25, -0.2) is 5.43 Å². The Morgan fingerprint density at radius 2 is 2.40 bits per heavy atom. The van der Waals surface area contributed by atoms with Gasteiger partial charge in [0, 0.05) is 0 Å². The molecule has 1 atom stereocenters. The molecule has 0 aliphatic carbocycles. The second-order valence-electron chi connectivity index (χ2n) is 1.93. The van der Waals surface area contributed by atoms with Gasteiger partial charge in [0.25, 0.3) is 0 Å². The van der Waals surface area contributed by atoms with Gasteiger partial charge in [-0.1, -0.05) is 6.08 Å². The molecular weight excluding hydrogens is 128 g/mol. The average Bonchev–Trinajstić information content (AvgIpc) is 2.06. The van der Waals surface area contributed by atoms with E-state index in [4.69, 9.17) is 11.1 Å². The Morgan fingerprint density at radius 3 is 2.70 bits per heavy atom. The van der Waals surface area contributed by atoms with Crippen LogP contribution in [-0.4, -0.2) is 5.66 Å². The van der Waals surface area contributed by atoms with E-state index in [-0.39, 0.29) is 0 Å². The van der Waals surface area contributed by atoms with E-state index in [1.165, 1.54) is 0 Å². The Bertz CT molecular complexity index is 212. The lowest BCUT2D eigenvalue weighted by molar-refractivity contribution is 0.461. The molecule has 0 aromatic carbocycles. The van der Waals surface area contributed by atoms with E-state index in [1.54, 1.807) is 24.4 Å². The largest absolute Gasteiger partial charge is 0.357 e. The quantitative estimate of drug-likeness (QED) is 0.330. The Labute approximate surface area is 59.0 Å². The topological polar surface area (TPSA) is 73.9 Å². The lowest BCUT2D eigenvalue weighted by Gasteiger charge is -2.23. The number of hydrogen-bond donors (Lipinski definition) is 3. The number of hydrazine groups is 1. The van der Waals surface area contributed by atoms with Gasteiger partial charge in [-0.05, 0) is 18.4 Å². The highest BCUT2D eigenvalue weighted by molar-refractivity contribution is 5.26. The van der Waals surface area contributed by atoms with Crippen LogP contribution in [0.15, 0.2) is 24.4 Å². The molecule has 52 valence electrons. The van der Waals surface area contributed by atoms with Crippen LogP contribution in [0.25, 0.3) is 0 Å². The van der Waals surface area contributed by atoms with E-state index in [2.05, 4.69) is 10.7 Å². The summed E-state index contributed by atoms with van der Waals surface area (Å²) in [6.45, 7) is 0. The average molecular weight is 136 g/mol. The van der Waals surface area contributed by atoms with Crippen LogP contribution in [-0.2, 0) is 0 Å². The Kier molecular flexibility index (Phi) is 1.71. The Balaban J connectivity index is 2.79. The molecule has 0 aromatic rings. The maximum absolute atomic E-state index is 8.60. The first-order valence-electron chi connectivity index (χ1n) is 2.84. The lowest BCUT2D eigenvalue weighted by Crippen LogP contribution is -2.56. The van der Waals surface area contributed by atoms with Gasteiger partial charge in [-0.2, -0.15) is 5.26 Å². The third-order valence-corrected chi connectivity index (χ3v) is 1.27. The van der Waals surface area contributed by atoms with Gasteiger partial charge in [0.2, 0.25) is 5.66 Å². The third kappa shape index (κ3) is 1.00. The number of nitrogens with zero attached hydrogens (tertiary/aromatic N) is 1. The summed E-state index contributed by atoms with van der Waals surface area (Å²) in [6.07, 6.45) is 6.84. The number of nitrogens with one attached hydrogen (secondary N) is 2. The molecule has 1 aliphatic rings. The van der Waals surface area contributed by atoms with Gasteiger partial charge in [-0.15, -0.1) is 0 Å². The molecule has 0 spiro atoms. The molecular formula is C6H8N4. The van der Waals surface area contributed by atoms with Gasteiger partial charge >= 0.3 is 0 Å². The third-order valence-electron chi connectivity index (χ3n) is 1.27. The van der Waals surface area contributed by atoms with Crippen molar-refractivity contribution < 1.29 is 0 Å². The molecule has 0 amide bonds. The van der Waals surface area contributed by atoms with E-state index < -0.39 is 5.66 Å². The maximum Gasteiger partial charge on any atom is 0.209 e. The zero-order valence-corrected chi connectivity index (χ0v) is 5.33. The molecule has 0 fully saturated rings. The first-order valence-corrected chi connectivity index (χ1v) is 2.84. The normalized spacial score (nSPS) is 29.2. The smallest absolute Gasteiger partial charge is 0.209 e. The van der Waals surface area contributed by atoms with Crippen molar-refractivity contribution in [3.8, 4) is 6.07 Å². The van der Waals surface area contributed by atoms with Gasteiger partial charge < -0.3 is 5.32 Å². The first-order chi connectivity index (χ1) is 4.83. The van der Waals surface area contributed by atoms with Crippen molar-refractivity contribution in [2.75, 3.05) is 0 Å². The van der Waals surface area contributed by atoms with Crippen molar-refractivity contribution in [3.05, 3.63) is 24.4 Å². The number of rotatable bonds is 1. The Morgan fingerprint density at radius 1 is 1.60 bits per heavy atom. The van der Waals surface area contributed by atoms with Crippen molar-refractivity contribution in [1.82, 2.24) is 10.7 Å². The molecule has 1 unspecified atom stereocenters. The summed E-state index contributed by atoms with van der Waals surface area (Å²) < 4.78 is 0. The molecule has 4 nitrogen and oxygen atoms in total. The SMILES string of the molecule is N#CC1(NN)C=CC=CN1. The number of hydrogen-bond acceptors (Lipinski definition) is 4. The maximum atomic E-state index is 8.60. The van der Waals surface area contributed by atoms with Crippen molar-refractivity contribution in [1.29, 1.82) is 5.26 Å². The van der Waals surface area contributed by atoms with E-state index in [0.29, 0.717) is 0 Å². The minimum atomic E-state index is -0.922. The number of allylic oxidation sites excluding steroid dienone is 2. The summed E-state index contributed by atoms with van der Waals surface area (Å²) in [5.41, 5.74) is 1.43. The number of nitrogens with two attached hydrogens (primary N) is 1. The minimum absolute atomic E-state index is 0.922. The fraction of sp³-hybridized carbons (Fsp3) is 0.167. The predicted octanol–water partition coefficient (Wildman–Crippen LogP) is -0.657. The number of nitriles is 1. The zero-order chi connectivity index (χ0) is 7.45. The predicted molar refractivity (Wildman–Crippen MR) is 37.1 cm³/mol. The zero-order valence-electron chi connectivity index (χ0n) is 5.33. The molecule has 4 N–H and O–H groups in total. The van der Waals surface area contributed by atoms with Crippen LogP contribution in [0.3, 0.4) is 0 Å². The highest BCUT2D eigenvalue weighted by Gasteiger charge is 2.23. The van der Waals surface area contributed by atoms with Gasteiger partial charge in [-0.3, -0.25) is 5.84 Å². The molecule has 0 bridgehead atoms. The van der Waals surface area contributed by atoms with Crippen LogP contribution in [0, 0.1) is 11.3 Å². The van der Waals surface area contributed by atoms with E-state index in [1.807, 2.05) is 6.07 Å². The van der Waals surface area contributed by atoms with Crippen LogP contribution < -0.4 is 16.6 Å². The second-order valence-corrected chi connectivity index (χ2v) is 1.93. The van der Waals surface area contributed by atoms with E-state index in [9.17, 15) is 0 Å². The highest BCUT2D eigenvalue weighted by Crippen LogP contribution is 2.02. The Hall–Kier alpha value is -1.31. The van der Waals surface area contributed by atoms with Crippen molar-refractivity contribution in [2.24, 2.45) is 5.84 Å². The molecule has 0 saturated heterocycles. The summed E-state index contributed by atoms with van der Waals surface area (Å²) in [7, 11) is 0. The van der Waals surface area contributed by atoms with Crippen LogP contribution in [0.4, 0.5) is 0 Å². The summed E-state index contributed by atoms with van der Waals surface area (Å²) >= 11 is 0. The molecule has 1 heterocycles. The van der Waals surface area contributed by atoms with E-state index in [0.717, 1.165) is 0 Å². The van der Waals surface area contributed by atoms with E-state index >= 15 is 0 Å². The number of dihydropyridines is 1. The van der Waals surface area contributed by atoms with Gasteiger partial charge in [0.1, 0.15) is 6.07 Å². The summed E-state index contributed by atoms with van der Waals surface area (Å²) in [5, 5.41) is 11.4. The second kappa shape index (κ2) is 2.52. The first kappa shape index (κ1) is 6.81. The summed E-state index contributed by atoms with van der Waals surface area (Å²) in [5.74, 6) is 5.13. The standard InChI is InChI=1S/C6H8N4/c7-5-6(10-8)3-1-2-4-9-6/h1-4,9-10H,8H2. The summed E-state index contributed by atoms with van der Waals surface area (Å²) in [4.78, 5) is 0. The van der Waals surface area contributed by atoms with Crippen LogP contribution >= 0.6 is 0 Å². The van der Waals surface area contributed by atoms with Crippen molar-refractivity contribution in [2.45, 2.75) is 5.66 Å². The monoisotopic (exact) mass is 136 g/mol. The molecule has 0 saturated carbocycles. The molecule has 0 radical (unpaired) electrons. The molecule has 1 aliphatic heterocycles. The van der Waals surface area contributed by atoms with Crippen molar-refractivity contribution in [3.63, 3.8) is 0 Å². The molecule has 4 heteroatoms. The van der Waals surface area contributed by atoms with Crippen LogP contribution in [0.2, 0.25) is 0 Å². The van der Waals surface area contributed by atoms with Gasteiger partial charge in [0.15, 0.2) is 0 Å². The molecule has 0 aromatic heterocycles. The molecule has 10 heavy (non-hydrogen) atoms. The lowest BCUT2D eigenvalue weighted by atomic mass is 10.1. The minimum Gasteiger partial charge on any atom is -0.357 e.